The Kier molecular flexibility index (Phi) is 1.84. The van der Waals surface area contributed by atoms with Gasteiger partial charge in [-0.3, -0.25) is 4.79 Å². The zero-order valence-corrected chi connectivity index (χ0v) is 8.75. The smallest absolute Gasteiger partial charge is 0.165 e. The van der Waals surface area contributed by atoms with Crippen molar-refractivity contribution >= 4 is 5.78 Å². The van der Waals surface area contributed by atoms with Gasteiger partial charge in [-0.05, 0) is 30.4 Å². The lowest BCUT2D eigenvalue weighted by Gasteiger charge is -2.32. The highest BCUT2D eigenvalue weighted by molar-refractivity contribution is 6.01. The summed E-state index contributed by atoms with van der Waals surface area (Å²) in [6.45, 7) is 0. The number of ketones is 1. The van der Waals surface area contributed by atoms with Crippen molar-refractivity contribution in [2.75, 3.05) is 0 Å². The number of dihydropyridines is 1. The van der Waals surface area contributed by atoms with Gasteiger partial charge in [0.1, 0.15) is 0 Å². The lowest BCUT2D eigenvalue weighted by Crippen LogP contribution is -2.30. The Morgan fingerprint density at radius 3 is 2.87 bits per heavy atom. The number of Topliss-reactive ketones (excluding diaryl/α,β-unsaturated/α-hetero) is 1. The zero-order chi connectivity index (χ0) is 10.3. The topological polar surface area (TPSA) is 29.1 Å². The van der Waals surface area contributed by atoms with Crippen LogP contribution in [0.4, 0.5) is 0 Å². The molecule has 1 heterocycles. The Morgan fingerprint density at radius 2 is 2.07 bits per heavy atom. The Hall–Kier alpha value is -1.31. The molecular weight excluding hydrogens is 186 g/mol. The van der Waals surface area contributed by atoms with E-state index in [2.05, 4.69) is 11.4 Å². The number of carbonyl (C=O) groups excluding carboxylic acids is 1. The number of carbonyl (C=O) groups is 1. The van der Waals surface area contributed by atoms with Gasteiger partial charge in [-0.1, -0.05) is 18.9 Å². The molecule has 0 radical (unpaired) electrons. The Labute approximate surface area is 89.7 Å². The molecule has 2 aliphatic carbocycles. The maximum absolute atomic E-state index is 12.0. The first-order chi connectivity index (χ1) is 7.29. The molecule has 0 bridgehead atoms. The van der Waals surface area contributed by atoms with Gasteiger partial charge in [0.2, 0.25) is 0 Å². The minimum Gasteiger partial charge on any atom is -0.361 e. The van der Waals surface area contributed by atoms with Crippen molar-refractivity contribution in [1.82, 2.24) is 5.32 Å². The molecule has 0 saturated heterocycles. The molecule has 0 aromatic heterocycles. The summed E-state index contributed by atoms with van der Waals surface area (Å²) >= 11 is 0. The standard InChI is InChI=1S/C13H15NO/c15-12-9-13(5-1-2-6-13)8-11-10(12)4-3-7-14-11/h3-4,7-8,14H,1-2,5-6,9H2. The van der Waals surface area contributed by atoms with Crippen LogP contribution in [-0.2, 0) is 4.79 Å². The fourth-order valence-corrected chi connectivity index (χ4v) is 2.98. The third-order valence-corrected chi connectivity index (χ3v) is 3.75. The van der Waals surface area contributed by atoms with Gasteiger partial charge in [-0.2, -0.15) is 0 Å². The number of hydrogen-bond donors (Lipinski definition) is 1. The van der Waals surface area contributed by atoms with Crippen molar-refractivity contribution in [2.45, 2.75) is 32.1 Å². The fraction of sp³-hybridized carbons (Fsp3) is 0.462. The van der Waals surface area contributed by atoms with Crippen LogP contribution in [0.2, 0.25) is 0 Å². The predicted octanol–water partition coefficient (Wildman–Crippen LogP) is 2.45. The average Bonchev–Trinajstić information content (AvgIpc) is 2.66. The van der Waals surface area contributed by atoms with E-state index in [1.165, 1.54) is 25.7 Å². The van der Waals surface area contributed by atoms with E-state index in [9.17, 15) is 4.79 Å². The van der Waals surface area contributed by atoms with E-state index in [1.807, 2.05) is 18.4 Å². The summed E-state index contributed by atoms with van der Waals surface area (Å²) in [6, 6.07) is 0. The molecule has 1 spiro atoms. The quantitative estimate of drug-likeness (QED) is 0.652. The number of rotatable bonds is 0. The molecule has 1 N–H and O–H groups in total. The van der Waals surface area contributed by atoms with Crippen LogP contribution in [0.3, 0.4) is 0 Å². The second kappa shape index (κ2) is 3.09. The van der Waals surface area contributed by atoms with Crippen LogP contribution in [0.5, 0.6) is 0 Å². The number of allylic oxidation sites excluding steroid dienone is 4. The molecule has 0 unspecified atom stereocenters. The molecule has 0 aromatic rings. The van der Waals surface area contributed by atoms with Gasteiger partial charge in [0.25, 0.3) is 0 Å². The zero-order valence-electron chi connectivity index (χ0n) is 8.75. The summed E-state index contributed by atoms with van der Waals surface area (Å²) in [5.41, 5.74) is 2.09. The van der Waals surface area contributed by atoms with Crippen molar-refractivity contribution < 1.29 is 4.79 Å². The normalized spacial score (nSPS) is 27.1. The van der Waals surface area contributed by atoms with E-state index in [4.69, 9.17) is 0 Å². The van der Waals surface area contributed by atoms with E-state index in [-0.39, 0.29) is 5.41 Å². The van der Waals surface area contributed by atoms with Gasteiger partial charge in [-0.25, -0.2) is 0 Å². The summed E-state index contributed by atoms with van der Waals surface area (Å²) in [7, 11) is 0. The van der Waals surface area contributed by atoms with Crippen molar-refractivity contribution in [2.24, 2.45) is 5.41 Å². The summed E-state index contributed by atoms with van der Waals surface area (Å²) in [4.78, 5) is 12.0. The molecule has 0 atom stereocenters. The van der Waals surface area contributed by atoms with Crippen LogP contribution in [0.25, 0.3) is 0 Å². The minimum atomic E-state index is 0.182. The first-order valence-corrected chi connectivity index (χ1v) is 5.69. The van der Waals surface area contributed by atoms with Crippen LogP contribution in [0.1, 0.15) is 32.1 Å². The molecular formula is C13H15NO. The van der Waals surface area contributed by atoms with Crippen LogP contribution in [0.15, 0.2) is 35.7 Å². The van der Waals surface area contributed by atoms with Crippen molar-refractivity contribution in [3.05, 3.63) is 35.7 Å². The van der Waals surface area contributed by atoms with Crippen LogP contribution < -0.4 is 5.32 Å². The molecule has 15 heavy (non-hydrogen) atoms. The SMILES string of the molecule is O=C1CC2(C=C3NC=CC=C13)CCCC2. The minimum absolute atomic E-state index is 0.182. The first-order valence-electron chi connectivity index (χ1n) is 5.69. The fourth-order valence-electron chi connectivity index (χ4n) is 2.98. The van der Waals surface area contributed by atoms with Gasteiger partial charge in [0.05, 0.1) is 0 Å². The van der Waals surface area contributed by atoms with E-state index in [0.717, 1.165) is 17.7 Å². The van der Waals surface area contributed by atoms with E-state index < -0.39 is 0 Å². The number of nitrogens with one attached hydrogen (secondary N) is 1. The van der Waals surface area contributed by atoms with E-state index in [1.54, 1.807) is 0 Å². The van der Waals surface area contributed by atoms with Gasteiger partial charge >= 0.3 is 0 Å². The van der Waals surface area contributed by atoms with Gasteiger partial charge in [0, 0.05) is 23.9 Å². The van der Waals surface area contributed by atoms with Crippen LogP contribution in [0, 0.1) is 5.41 Å². The predicted molar refractivity (Wildman–Crippen MR) is 59.0 cm³/mol. The molecule has 1 fully saturated rings. The molecule has 0 amide bonds. The second-order valence-electron chi connectivity index (χ2n) is 4.81. The highest BCUT2D eigenvalue weighted by Crippen LogP contribution is 2.47. The molecule has 3 rings (SSSR count). The van der Waals surface area contributed by atoms with Crippen molar-refractivity contribution in [3.8, 4) is 0 Å². The maximum Gasteiger partial charge on any atom is 0.165 e. The highest BCUT2D eigenvalue weighted by Gasteiger charge is 2.39. The van der Waals surface area contributed by atoms with Gasteiger partial charge in [0.15, 0.2) is 5.78 Å². The Morgan fingerprint density at radius 1 is 1.27 bits per heavy atom. The van der Waals surface area contributed by atoms with Crippen LogP contribution in [-0.4, -0.2) is 5.78 Å². The third-order valence-electron chi connectivity index (χ3n) is 3.75. The lowest BCUT2D eigenvalue weighted by atomic mass is 9.74. The molecule has 2 heteroatoms. The first kappa shape index (κ1) is 8.96. The Bertz CT molecular complexity index is 395. The Balaban J connectivity index is 2.03. The van der Waals surface area contributed by atoms with E-state index in [0.29, 0.717) is 5.78 Å². The van der Waals surface area contributed by atoms with E-state index >= 15 is 0 Å². The van der Waals surface area contributed by atoms with Gasteiger partial charge < -0.3 is 5.32 Å². The number of fused-ring (bicyclic) bond motifs is 1. The van der Waals surface area contributed by atoms with Crippen LogP contribution >= 0.6 is 0 Å². The van der Waals surface area contributed by atoms with Crippen molar-refractivity contribution in [1.29, 1.82) is 0 Å². The molecule has 2 nitrogen and oxygen atoms in total. The van der Waals surface area contributed by atoms with Crippen molar-refractivity contribution in [3.63, 3.8) is 0 Å². The lowest BCUT2D eigenvalue weighted by molar-refractivity contribution is -0.117. The second-order valence-corrected chi connectivity index (χ2v) is 4.81. The third kappa shape index (κ3) is 1.36. The highest BCUT2D eigenvalue weighted by atomic mass is 16.1. The average molecular weight is 201 g/mol. The summed E-state index contributed by atoms with van der Waals surface area (Å²) < 4.78 is 0. The summed E-state index contributed by atoms with van der Waals surface area (Å²) in [5.74, 6) is 0.311. The molecule has 78 valence electrons. The molecule has 0 aromatic carbocycles. The molecule has 3 aliphatic rings. The van der Waals surface area contributed by atoms with Gasteiger partial charge in [-0.15, -0.1) is 0 Å². The number of hydrogen-bond acceptors (Lipinski definition) is 2. The largest absolute Gasteiger partial charge is 0.361 e. The summed E-state index contributed by atoms with van der Waals surface area (Å²) in [5, 5.41) is 3.19. The summed E-state index contributed by atoms with van der Waals surface area (Å²) in [6.07, 6.45) is 13.6. The molecule has 1 saturated carbocycles. The monoisotopic (exact) mass is 201 g/mol. The maximum atomic E-state index is 12.0. The molecule has 1 aliphatic heterocycles.